The zero-order valence-corrected chi connectivity index (χ0v) is 23.4. The standard InChI is InChI=1S/C28H32N4O3S2/c1-20-18-25-26(19-21(20)2)36-28(29-25)32(17-9-16-30(3)4)27(33)22-12-14-24(15-13-22)37(34,35)31(5)23-10-7-6-8-11-23/h6-8,10-15,18-19H,9,16-17H2,1-5H3. The van der Waals surface area contributed by atoms with Gasteiger partial charge in [-0.2, -0.15) is 0 Å². The van der Waals surface area contributed by atoms with Gasteiger partial charge in [-0.3, -0.25) is 14.0 Å². The molecule has 0 N–H and O–H groups in total. The highest BCUT2D eigenvalue weighted by atomic mass is 32.2. The number of hydrogen-bond acceptors (Lipinski definition) is 6. The number of anilines is 2. The number of benzene rings is 3. The summed E-state index contributed by atoms with van der Waals surface area (Å²) < 4.78 is 28.6. The molecule has 0 saturated heterocycles. The monoisotopic (exact) mass is 536 g/mol. The van der Waals surface area contributed by atoms with Crippen LogP contribution in [0.1, 0.15) is 27.9 Å². The van der Waals surface area contributed by atoms with Crippen molar-refractivity contribution < 1.29 is 13.2 Å². The summed E-state index contributed by atoms with van der Waals surface area (Å²) in [6, 6.07) is 19.2. The molecule has 7 nitrogen and oxygen atoms in total. The molecular formula is C28H32N4O3S2. The summed E-state index contributed by atoms with van der Waals surface area (Å²) in [7, 11) is 1.76. The largest absolute Gasteiger partial charge is 0.309 e. The summed E-state index contributed by atoms with van der Waals surface area (Å²) in [4.78, 5) is 22.4. The van der Waals surface area contributed by atoms with Crippen molar-refractivity contribution in [2.75, 3.05) is 43.4 Å². The van der Waals surface area contributed by atoms with Crippen LogP contribution in [0.3, 0.4) is 0 Å². The first kappa shape index (κ1) is 26.8. The number of thiazole rings is 1. The maximum atomic E-state index is 13.7. The number of para-hydroxylation sites is 1. The van der Waals surface area contributed by atoms with E-state index in [1.54, 1.807) is 41.3 Å². The van der Waals surface area contributed by atoms with Crippen molar-refractivity contribution in [2.24, 2.45) is 0 Å². The second-order valence-electron chi connectivity index (χ2n) is 9.35. The van der Waals surface area contributed by atoms with E-state index in [1.807, 2.05) is 20.2 Å². The lowest BCUT2D eigenvalue weighted by Gasteiger charge is -2.22. The highest BCUT2D eigenvalue weighted by molar-refractivity contribution is 7.92. The molecule has 0 unspecified atom stereocenters. The Balaban J connectivity index is 1.63. The van der Waals surface area contributed by atoms with Crippen LogP contribution in [-0.2, 0) is 10.0 Å². The molecule has 0 fully saturated rings. The minimum absolute atomic E-state index is 0.125. The van der Waals surface area contributed by atoms with Gasteiger partial charge < -0.3 is 4.90 Å². The summed E-state index contributed by atoms with van der Waals surface area (Å²) in [5.74, 6) is -0.202. The maximum Gasteiger partial charge on any atom is 0.264 e. The van der Waals surface area contributed by atoms with E-state index in [1.165, 1.54) is 40.4 Å². The average Bonchev–Trinajstić information content (AvgIpc) is 3.28. The Labute approximate surface area is 223 Å². The molecular weight excluding hydrogens is 504 g/mol. The molecule has 9 heteroatoms. The number of rotatable bonds is 9. The van der Waals surface area contributed by atoms with Crippen molar-refractivity contribution in [3.8, 4) is 0 Å². The molecule has 3 aromatic carbocycles. The molecule has 194 valence electrons. The van der Waals surface area contributed by atoms with Gasteiger partial charge in [-0.25, -0.2) is 13.4 Å². The normalized spacial score (nSPS) is 11.7. The number of aromatic nitrogens is 1. The lowest BCUT2D eigenvalue weighted by molar-refractivity contribution is 0.0986. The van der Waals surface area contributed by atoms with Crippen LogP contribution in [-0.4, -0.2) is 58.4 Å². The number of carbonyl (C=O) groups excluding carboxylic acids is 1. The fourth-order valence-corrected chi connectivity index (χ4v) is 6.24. The number of nitrogens with zero attached hydrogens (tertiary/aromatic N) is 4. The van der Waals surface area contributed by atoms with Gasteiger partial charge in [0.2, 0.25) is 0 Å². The first-order valence-electron chi connectivity index (χ1n) is 12.1. The quantitative estimate of drug-likeness (QED) is 0.289. The van der Waals surface area contributed by atoms with Crippen LogP contribution in [0, 0.1) is 13.8 Å². The fourth-order valence-electron chi connectivity index (χ4n) is 3.97. The zero-order chi connectivity index (χ0) is 26.7. The predicted octanol–water partition coefficient (Wildman–Crippen LogP) is 5.34. The first-order valence-corrected chi connectivity index (χ1v) is 14.3. The van der Waals surface area contributed by atoms with Gasteiger partial charge in [0.25, 0.3) is 15.9 Å². The van der Waals surface area contributed by atoms with E-state index < -0.39 is 10.0 Å². The summed E-state index contributed by atoms with van der Waals surface area (Å²) >= 11 is 1.50. The smallest absolute Gasteiger partial charge is 0.264 e. The third-order valence-electron chi connectivity index (χ3n) is 6.34. The van der Waals surface area contributed by atoms with Crippen LogP contribution < -0.4 is 9.21 Å². The second-order valence-corrected chi connectivity index (χ2v) is 12.3. The highest BCUT2D eigenvalue weighted by Gasteiger charge is 2.24. The molecule has 0 aliphatic heterocycles. The zero-order valence-electron chi connectivity index (χ0n) is 21.8. The molecule has 0 aliphatic carbocycles. The lowest BCUT2D eigenvalue weighted by atomic mass is 10.1. The van der Waals surface area contributed by atoms with Gasteiger partial charge in [-0.05, 0) is 101 Å². The van der Waals surface area contributed by atoms with Crippen LogP contribution in [0.4, 0.5) is 10.8 Å². The molecule has 1 amide bonds. The third kappa shape index (κ3) is 5.84. The van der Waals surface area contributed by atoms with Crippen LogP contribution >= 0.6 is 11.3 Å². The summed E-state index contributed by atoms with van der Waals surface area (Å²) in [6.07, 6.45) is 0.779. The van der Waals surface area contributed by atoms with Gasteiger partial charge >= 0.3 is 0 Å². The van der Waals surface area contributed by atoms with Crippen LogP contribution in [0.25, 0.3) is 10.2 Å². The van der Waals surface area contributed by atoms with Crippen molar-refractivity contribution >= 4 is 48.3 Å². The Morgan fingerprint density at radius 1 is 0.892 bits per heavy atom. The molecule has 1 aromatic heterocycles. The van der Waals surface area contributed by atoms with E-state index in [9.17, 15) is 13.2 Å². The summed E-state index contributed by atoms with van der Waals surface area (Å²) in [5, 5.41) is 0.643. The Kier molecular flexibility index (Phi) is 7.96. The van der Waals surface area contributed by atoms with Gasteiger partial charge in [-0.15, -0.1) is 0 Å². The molecule has 0 saturated carbocycles. The van der Waals surface area contributed by atoms with Crippen molar-refractivity contribution in [1.82, 2.24) is 9.88 Å². The van der Waals surface area contributed by atoms with Crippen LogP contribution in [0.5, 0.6) is 0 Å². The summed E-state index contributed by atoms with van der Waals surface area (Å²) in [5.41, 5.74) is 4.20. The predicted molar refractivity (Wildman–Crippen MR) is 152 cm³/mol. The van der Waals surface area contributed by atoms with Crippen molar-refractivity contribution in [3.05, 3.63) is 83.4 Å². The van der Waals surface area contributed by atoms with Gasteiger partial charge in [0.05, 0.1) is 20.8 Å². The van der Waals surface area contributed by atoms with E-state index in [0.717, 1.165) is 28.7 Å². The maximum absolute atomic E-state index is 13.7. The van der Waals surface area contributed by atoms with Crippen LogP contribution in [0.2, 0.25) is 0 Å². The molecule has 0 bridgehead atoms. The molecule has 4 aromatic rings. The molecule has 4 rings (SSSR count). The van der Waals surface area contributed by atoms with Crippen molar-refractivity contribution in [1.29, 1.82) is 0 Å². The van der Waals surface area contributed by atoms with E-state index in [0.29, 0.717) is 22.9 Å². The number of hydrogen-bond donors (Lipinski definition) is 0. The Hall–Kier alpha value is -3.27. The molecule has 0 atom stereocenters. The number of fused-ring (bicyclic) bond motifs is 1. The van der Waals surface area contributed by atoms with Gasteiger partial charge in [0, 0.05) is 19.2 Å². The number of aryl methyl sites for hydroxylation is 2. The highest BCUT2D eigenvalue weighted by Crippen LogP contribution is 2.32. The molecule has 1 heterocycles. The Bertz CT molecular complexity index is 1460. The van der Waals surface area contributed by atoms with Gasteiger partial charge in [0.1, 0.15) is 0 Å². The average molecular weight is 537 g/mol. The van der Waals surface area contributed by atoms with E-state index in [-0.39, 0.29) is 10.8 Å². The summed E-state index contributed by atoms with van der Waals surface area (Å²) in [6.45, 7) is 5.46. The van der Waals surface area contributed by atoms with Gasteiger partial charge in [0.15, 0.2) is 5.13 Å². The van der Waals surface area contributed by atoms with E-state index in [2.05, 4.69) is 30.9 Å². The van der Waals surface area contributed by atoms with Crippen molar-refractivity contribution in [2.45, 2.75) is 25.2 Å². The Morgan fingerprint density at radius 2 is 1.54 bits per heavy atom. The SMILES string of the molecule is Cc1cc2nc(N(CCCN(C)C)C(=O)c3ccc(S(=O)(=O)N(C)c4ccccc4)cc3)sc2cc1C. The fraction of sp³-hybridized carbons (Fsp3) is 0.286. The third-order valence-corrected chi connectivity index (χ3v) is 9.18. The topological polar surface area (TPSA) is 73.8 Å². The van der Waals surface area contributed by atoms with Crippen molar-refractivity contribution in [3.63, 3.8) is 0 Å². The van der Waals surface area contributed by atoms with E-state index in [4.69, 9.17) is 4.98 Å². The lowest BCUT2D eigenvalue weighted by Crippen LogP contribution is -2.33. The molecule has 0 spiro atoms. The molecule has 37 heavy (non-hydrogen) atoms. The number of carbonyl (C=O) groups is 1. The minimum Gasteiger partial charge on any atom is -0.309 e. The van der Waals surface area contributed by atoms with Crippen LogP contribution in [0.15, 0.2) is 71.6 Å². The Morgan fingerprint density at radius 3 is 2.19 bits per heavy atom. The number of sulfonamides is 1. The minimum atomic E-state index is -3.76. The molecule has 0 radical (unpaired) electrons. The van der Waals surface area contributed by atoms with E-state index >= 15 is 0 Å². The first-order chi connectivity index (χ1) is 17.6. The van der Waals surface area contributed by atoms with Gasteiger partial charge in [-0.1, -0.05) is 29.5 Å². The number of amides is 1. The molecule has 0 aliphatic rings. The second kappa shape index (κ2) is 11.0.